The van der Waals surface area contributed by atoms with E-state index in [0.29, 0.717) is 5.56 Å². The van der Waals surface area contributed by atoms with Crippen LogP contribution >= 0.6 is 0 Å². The van der Waals surface area contributed by atoms with Crippen LogP contribution in [0, 0.1) is 13.8 Å². The molecule has 1 aromatic carbocycles. The Bertz CT molecular complexity index is 841. The molecule has 2 aromatic rings. The number of aromatic amines is 1. The first kappa shape index (κ1) is 17.3. The van der Waals surface area contributed by atoms with Gasteiger partial charge in [-0.05, 0) is 55.9 Å². The molecule has 25 heavy (non-hydrogen) atoms. The number of aryl methyl sites for hydroxylation is 3. The zero-order valence-electron chi connectivity index (χ0n) is 15.1. The number of urea groups is 1. The molecule has 2 N–H and O–H groups in total. The lowest BCUT2D eigenvalue weighted by Crippen LogP contribution is -2.41. The highest BCUT2D eigenvalue weighted by Gasteiger charge is 2.26. The predicted octanol–water partition coefficient (Wildman–Crippen LogP) is 3.21. The summed E-state index contributed by atoms with van der Waals surface area (Å²) in [6.07, 6.45) is 3.11. The Morgan fingerprint density at radius 2 is 2.08 bits per heavy atom. The molecule has 3 rings (SSSR count). The van der Waals surface area contributed by atoms with Crippen LogP contribution in [0.15, 0.2) is 35.1 Å². The van der Waals surface area contributed by atoms with E-state index in [1.807, 2.05) is 39.1 Å². The summed E-state index contributed by atoms with van der Waals surface area (Å²) in [5, 5.41) is 2.89. The number of fused-ring (bicyclic) bond motifs is 1. The molecule has 0 spiro atoms. The summed E-state index contributed by atoms with van der Waals surface area (Å²) in [7, 11) is 1.83. The summed E-state index contributed by atoms with van der Waals surface area (Å²) in [5.74, 6) is 0. The first-order valence-electron chi connectivity index (χ1n) is 8.75. The fourth-order valence-electron chi connectivity index (χ4n) is 3.66. The number of benzene rings is 1. The lowest BCUT2D eigenvalue weighted by atomic mass is 9.87. The van der Waals surface area contributed by atoms with E-state index >= 15 is 0 Å². The molecule has 1 aromatic heterocycles. The van der Waals surface area contributed by atoms with Crippen molar-refractivity contribution < 1.29 is 4.79 Å². The molecule has 5 nitrogen and oxygen atoms in total. The first-order valence-corrected chi connectivity index (χ1v) is 8.75. The Hall–Kier alpha value is -2.56. The van der Waals surface area contributed by atoms with Gasteiger partial charge in [-0.3, -0.25) is 4.79 Å². The minimum absolute atomic E-state index is 0.0855. The molecule has 1 aliphatic carbocycles. The van der Waals surface area contributed by atoms with Crippen LogP contribution in [0.25, 0.3) is 0 Å². The number of carbonyl (C=O) groups excluding carboxylic acids is 1. The van der Waals surface area contributed by atoms with Crippen molar-refractivity contribution in [2.24, 2.45) is 0 Å². The van der Waals surface area contributed by atoms with Crippen molar-refractivity contribution in [3.63, 3.8) is 0 Å². The summed E-state index contributed by atoms with van der Waals surface area (Å²) >= 11 is 0. The topological polar surface area (TPSA) is 65.2 Å². The van der Waals surface area contributed by atoms with Crippen LogP contribution in [0.4, 0.5) is 4.79 Å². The van der Waals surface area contributed by atoms with Gasteiger partial charge in [0.2, 0.25) is 0 Å². The third-order valence-electron chi connectivity index (χ3n) is 5.04. The van der Waals surface area contributed by atoms with E-state index < -0.39 is 0 Å². The van der Waals surface area contributed by atoms with E-state index in [1.165, 1.54) is 11.1 Å². The summed E-state index contributed by atoms with van der Waals surface area (Å²) in [6.45, 7) is 3.98. The fraction of sp³-hybridized carbons (Fsp3) is 0.400. The van der Waals surface area contributed by atoms with E-state index in [1.54, 1.807) is 4.90 Å². The van der Waals surface area contributed by atoms with Crippen LogP contribution in [0.1, 0.15) is 46.8 Å². The maximum atomic E-state index is 12.6. The van der Waals surface area contributed by atoms with Crippen molar-refractivity contribution in [2.75, 3.05) is 7.05 Å². The highest BCUT2D eigenvalue weighted by molar-refractivity contribution is 5.74. The second-order valence-electron chi connectivity index (χ2n) is 6.82. The standard InChI is InChI=1S/C20H25N3O2/c1-13-11-14(2)22-19(24)17(13)12-21-20(25)23(3)18-10-6-8-15-7-4-5-9-16(15)18/h4-5,7,9,11,18H,6,8,10,12H2,1-3H3,(H,21,25)(H,22,24). The van der Waals surface area contributed by atoms with Gasteiger partial charge >= 0.3 is 6.03 Å². The molecule has 132 valence electrons. The number of amides is 2. The molecule has 0 fully saturated rings. The first-order chi connectivity index (χ1) is 12.0. The number of H-pyrrole nitrogens is 1. The van der Waals surface area contributed by atoms with Crippen molar-refractivity contribution in [1.82, 2.24) is 15.2 Å². The highest BCUT2D eigenvalue weighted by atomic mass is 16.2. The normalized spacial score (nSPS) is 16.2. The molecule has 0 bridgehead atoms. The monoisotopic (exact) mass is 339 g/mol. The predicted molar refractivity (Wildman–Crippen MR) is 98.7 cm³/mol. The molecule has 1 heterocycles. The van der Waals surface area contributed by atoms with Crippen molar-refractivity contribution in [1.29, 1.82) is 0 Å². The number of pyridine rings is 1. The highest BCUT2D eigenvalue weighted by Crippen LogP contribution is 2.33. The summed E-state index contributed by atoms with van der Waals surface area (Å²) < 4.78 is 0. The molecular formula is C20H25N3O2. The Kier molecular flexibility index (Phi) is 4.93. The lowest BCUT2D eigenvalue weighted by Gasteiger charge is -2.33. The SMILES string of the molecule is Cc1cc(C)c(CNC(=O)N(C)C2CCCc3ccccc32)c(=O)[nH]1. The maximum absolute atomic E-state index is 12.6. The van der Waals surface area contributed by atoms with Crippen LogP contribution in [0.5, 0.6) is 0 Å². The zero-order chi connectivity index (χ0) is 18.0. The Morgan fingerprint density at radius 3 is 2.84 bits per heavy atom. The number of rotatable bonds is 3. The second kappa shape index (κ2) is 7.13. The Balaban J connectivity index is 1.71. The van der Waals surface area contributed by atoms with Crippen molar-refractivity contribution >= 4 is 6.03 Å². The number of nitrogens with one attached hydrogen (secondary N) is 2. The van der Waals surface area contributed by atoms with Crippen molar-refractivity contribution in [2.45, 2.75) is 45.7 Å². The molecule has 0 saturated heterocycles. The number of hydrogen-bond acceptors (Lipinski definition) is 2. The van der Waals surface area contributed by atoms with Crippen LogP contribution in [-0.4, -0.2) is 23.0 Å². The summed E-state index contributed by atoms with van der Waals surface area (Å²) in [5.41, 5.74) is 4.75. The minimum Gasteiger partial charge on any atom is -0.334 e. The van der Waals surface area contributed by atoms with Crippen LogP contribution in [0.3, 0.4) is 0 Å². The zero-order valence-corrected chi connectivity index (χ0v) is 15.1. The molecule has 2 amide bonds. The van der Waals surface area contributed by atoms with Gasteiger partial charge in [0, 0.05) is 18.3 Å². The van der Waals surface area contributed by atoms with Gasteiger partial charge in [-0.25, -0.2) is 4.79 Å². The number of aromatic nitrogens is 1. The Morgan fingerprint density at radius 1 is 1.32 bits per heavy atom. The molecule has 0 saturated carbocycles. The fourth-order valence-corrected chi connectivity index (χ4v) is 3.66. The molecule has 0 aliphatic heterocycles. The molecule has 0 radical (unpaired) electrons. The van der Waals surface area contributed by atoms with Gasteiger partial charge in [0.25, 0.3) is 5.56 Å². The van der Waals surface area contributed by atoms with Gasteiger partial charge < -0.3 is 15.2 Å². The number of nitrogens with zero attached hydrogens (tertiary/aromatic N) is 1. The average Bonchev–Trinajstić information content (AvgIpc) is 2.59. The van der Waals surface area contributed by atoms with Gasteiger partial charge in [0.15, 0.2) is 0 Å². The molecule has 5 heteroatoms. The lowest BCUT2D eigenvalue weighted by molar-refractivity contribution is 0.183. The van der Waals surface area contributed by atoms with E-state index in [0.717, 1.165) is 30.5 Å². The second-order valence-corrected chi connectivity index (χ2v) is 6.82. The van der Waals surface area contributed by atoms with E-state index in [2.05, 4.69) is 22.4 Å². The molecule has 1 aliphatic rings. The third-order valence-corrected chi connectivity index (χ3v) is 5.04. The largest absolute Gasteiger partial charge is 0.334 e. The van der Waals surface area contributed by atoms with Gasteiger partial charge in [-0.15, -0.1) is 0 Å². The van der Waals surface area contributed by atoms with Crippen molar-refractivity contribution in [3.8, 4) is 0 Å². The van der Waals surface area contributed by atoms with Crippen LogP contribution in [-0.2, 0) is 13.0 Å². The van der Waals surface area contributed by atoms with E-state index in [9.17, 15) is 9.59 Å². The van der Waals surface area contributed by atoms with Gasteiger partial charge in [-0.1, -0.05) is 24.3 Å². The van der Waals surface area contributed by atoms with Crippen molar-refractivity contribution in [3.05, 3.63) is 68.6 Å². The molecule has 1 unspecified atom stereocenters. The Labute approximate surface area is 148 Å². The quantitative estimate of drug-likeness (QED) is 0.902. The third kappa shape index (κ3) is 3.60. The van der Waals surface area contributed by atoms with Crippen LogP contribution < -0.4 is 10.9 Å². The molecule has 1 atom stereocenters. The van der Waals surface area contributed by atoms with Gasteiger partial charge in [0.1, 0.15) is 0 Å². The van der Waals surface area contributed by atoms with Crippen LogP contribution in [0.2, 0.25) is 0 Å². The van der Waals surface area contributed by atoms with Gasteiger partial charge in [-0.2, -0.15) is 0 Å². The van der Waals surface area contributed by atoms with Gasteiger partial charge in [0.05, 0.1) is 12.6 Å². The smallest absolute Gasteiger partial charge is 0.317 e. The minimum atomic E-state index is -0.152. The number of hydrogen-bond donors (Lipinski definition) is 2. The average molecular weight is 339 g/mol. The molecular weight excluding hydrogens is 314 g/mol. The summed E-state index contributed by atoms with van der Waals surface area (Å²) in [6, 6.07) is 10.2. The maximum Gasteiger partial charge on any atom is 0.317 e. The van der Waals surface area contributed by atoms with E-state index in [4.69, 9.17) is 0 Å². The number of carbonyl (C=O) groups is 1. The summed E-state index contributed by atoms with van der Waals surface area (Å²) in [4.78, 5) is 29.3. The van der Waals surface area contributed by atoms with E-state index in [-0.39, 0.29) is 24.2 Å².